The van der Waals surface area contributed by atoms with Crippen molar-refractivity contribution in [3.8, 4) is 0 Å². The van der Waals surface area contributed by atoms with E-state index < -0.39 is 29.3 Å². The SMILES string of the molecule is CCN(CC)CCNC(=O)c1c(C)[nH]c(/C=C2\C(=O)N(C(=O)CCCNC(=O)OC(C)(C)C)c3ccc(F)cc32)c1C. The normalized spacial score (nSPS) is 14.0. The molecule has 3 N–H and O–H groups in total. The second-order valence-electron chi connectivity index (χ2n) is 11.2. The van der Waals surface area contributed by atoms with Crippen molar-refractivity contribution in [2.75, 3.05) is 37.6 Å². The van der Waals surface area contributed by atoms with Gasteiger partial charge >= 0.3 is 6.09 Å². The molecular weight excluding hydrogens is 541 g/mol. The number of imide groups is 1. The molecule has 0 bridgehead atoms. The lowest BCUT2D eigenvalue weighted by atomic mass is 10.0. The Hall–Kier alpha value is -3.99. The zero-order valence-electron chi connectivity index (χ0n) is 25.6. The molecule has 0 saturated carbocycles. The van der Waals surface area contributed by atoms with Crippen LogP contribution in [-0.2, 0) is 14.3 Å². The Bertz CT molecular complexity index is 1370. The molecule has 0 atom stereocenters. The number of carbonyl (C=O) groups is 4. The summed E-state index contributed by atoms with van der Waals surface area (Å²) in [5.74, 6) is -1.83. The molecule has 42 heavy (non-hydrogen) atoms. The number of amides is 4. The number of H-pyrrole nitrogens is 1. The predicted molar refractivity (Wildman–Crippen MR) is 161 cm³/mol. The van der Waals surface area contributed by atoms with Gasteiger partial charge in [-0.05, 0) is 84.0 Å². The lowest BCUT2D eigenvalue weighted by Gasteiger charge is -2.19. The first-order valence-electron chi connectivity index (χ1n) is 14.3. The van der Waals surface area contributed by atoms with E-state index in [1.807, 2.05) is 0 Å². The molecule has 11 heteroatoms. The fourth-order valence-corrected chi connectivity index (χ4v) is 4.87. The van der Waals surface area contributed by atoms with E-state index in [1.54, 1.807) is 40.7 Å². The van der Waals surface area contributed by atoms with Gasteiger partial charge in [-0.15, -0.1) is 0 Å². The summed E-state index contributed by atoms with van der Waals surface area (Å²) in [6.07, 6.45) is 1.22. The van der Waals surface area contributed by atoms with Crippen LogP contribution in [0.25, 0.3) is 11.6 Å². The molecule has 228 valence electrons. The number of rotatable bonds is 11. The average Bonchev–Trinajstić information content (AvgIpc) is 3.34. The predicted octanol–water partition coefficient (Wildman–Crippen LogP) is 4.56. The Kier molecular flexibility index (Phi) is 10.7. The van der Waals surface area contributed by atoms with Crippen LogP contribution in [0.5, 0.6) is 0 Å². The summed E-state index contributed by atoms with van der Waals surface area (Å²) in [5, 5.41) is 5.55. The minimum Gasteiger partial charge on any atom is -0.444 e. The molecule has 0 aliphatic carbocycles. The number of alkyl carbamates (subject to hydrolysis) is 1. The number of aromatic amines is 1. The molecule has 1 aromatic heterocycles. The largest absolute Gasteiger partial charge is 0.444 e. The Balaban J connectivity index is 1.78. The van der Waals surface area contributed by atoms with E-state index in [-0.39, 0.29) is 42.1 Å². The van der Waals surface area contributed by atoms with Crippen LogP contribution < -0.4 is 15.5 Å². The van der Waals surface area contributed by atoms with E-state index in [0.29, 0.717) is 29.1 Å². The Morgan fingerprint density at radius 2 is 1.79 bits per heavy atom. The molecule has 1 aliphatic heterocycles. The number of fused-ring (bicyclic) bond motifs is 1. The highest BCUT2D eigenvalue weighted by Crippen LogP contribution is 2.39. The highest BCUT2D eigenvalue weighted by Gasteiger charge is 2.37. The van der Waals surface area contributed by atoms with Gasteiger partial charge in [0, 0.05) is 43.0 Å². The summed E-state index contributed by atoms with van der Waals surface area (Å²) in [7, 11) is 0. The monoisotopic (exact) mass is 583 g/mol. The summed E-state index contributed by atoms with van der Waals surface area (Å²) >= 11 is 0. The van der Waals surface area contributed by atoms with Crippen LogP contribution in [0, 0.1) is 19.7 Å². The van der Waals surface area contributed by atoms with E-state index in [9.17, 15) is 23.6 Å². The summed E-state index contributed by atoms with van der Waals surface area (Å²) in [6, 6.07) is 3.83. The maximum Gasteiger partial charge on any atom is 0.407 e. The molecule has 2 heterocycles. The average molecular weight is 584 g/mol. The van der Waals surface area contributed by atoms with Gasteiger partial charge < -0.3 is 25.3 Å². The van der Waals surface area contributed by atoms with Gasteiger partial charge in [-0.3, -0.25) is 14.4 Å². The number of nitrogens with one attached hydrogen (secondary N) is 3. The molecular formula is C31H42FN5O5. The van der Waals surface area contributed by atoms with Crippen molar-refractivity contribution in [1.29, 1.82) is 0 Å². The number of hydrogen-bond acceptors (Lipinski definition) is 6. The fourth-order valence-electron chi connectivity index (χ4n) is 4.87. The minimum atomic E-state index is -0.643. The highest BCUT2D eigenvalue weighted by molar-refractivity contribution is 6.42. The molecule has 3 rings (SSSR count). The molecule has 0 spiro atoms. The number of ether oxygens (including phenoxy) is 1. The van der Waals surface area contributed by atoms with Crippen molar-refractivity contribution in [2.24, 2.45) is 0 Å². The van der Waals surface area contributed by atoms with Gasteiger partial charge in [0.25, 0.3) is 11.8 Å². The Morgan fingerprint density at radius 1 is 1.10 bits per heavy atom. The summed E-state index contributed by atoms with van der Waals surface area (Å²) < 4.78 is 19.5. The van der Waals surface area contributed by atoms with Gasteiger partial charge in [0.2, 0.25) is 5.91 Å². The number of benzene rings is 1. The summed E-state index contributed by atoms with van der Waals surface area (Å²) in [6.45, 7) is 16.1. The molecule has 1 aromatic carbocycles. The van der Waals surface area contributed by atoms with Gasteiger partial charge in [0.1, 0.15) is 11.4 Å². The van der Waals surface area contributed by atoms with Gasteiger partial charge in [-0.2, -0.15) is 0 Å². The fraction of sp³-hybridized carbons (Fsp3) is 0.484. The van der Waals surface area contributed by atoms with E-state index in [1.165, 1.54) is 18.2 Å². The molecule has 0 unspecified atom stereocenters. The topological polar surface area (TPSA) is 124 Å². The standard InChI is InChI=1S/C31H42FN5O5/c1-8-36(9-2)16-15-33-28(39)27-19(3)24(35-20(27)4)18-23-22-17-21(32)12-13-25(22)37(29(23)40)26(38)11-10-14-34-30(41)42-31(5,6)7/h12-13,17-18,35H,8-11,14-16H2,1-7H3,(H,33,39)(H,34,41)/b23-18-. The number of likely N-dealkylation sites (N-methyl/N-ethyl adjacent to an activating group) is 1. The number of hydrogen-bond donors (Lipinski definition) is 3. The van der Waals surface area contributed by atoms with Gasteiger partial charge in [-0.1, -0.05) is 13.8 Å². The maximum atomic E-state index is 14.3. The molecule has 0 saturated heterocycles. The third-order valence-corrected chi connectivity index (χ3v) is 7.01. The third kappa shape index (κ3) is 7.84. The van der Waals surface area contributed by atoms with E-state index >= 15 is 0 Å². The highest BCUT2D eigenvalue weighted by atomic mass is 19.1. The number of halogens is 1. The van der Waals surface area contributed by atoms with Gasteiger partial charge in [0.05, 0.1) is 16.8 Å². The lowest BCUT2D eigenvalue weighted by molar-refractivity contribution is -0.123. The number of aromatic nitrogens is 1. The number of anilines is 1. The van der Waals surface area contributed by atoms with Crippen molar-refractivity contribution >= 4 is 41.2 Å². The number of aryl methyl sites for hydroxylation is 1. The first-order valence-corrected chi connectivity index (χ1v) is 14.3. The van der Waals surface area contributed by atoms with Crippen LogP contribution in [-0.4, -0.2) is 72.0 Å². The lowest BCUT2D eigenvalue weighted by Crippen LogP contribution is -2.35. The van der Waals surface area contributed by atoms with Crippen LogP contribution in [0.2, 0.25) is 0 Å². The molecule has 0 fully saturated rings. The van der Waals surface area contributed by atoms with E-state index in [4.69, 9.17) is 4.74 Å². The van der Waals surface area contributed by atoms with E-state index in [0.717, 1.165) is 24.5 Å². The Labute approximate surface area is 246 Å². The molecule has 2 aromatic rings. The molecule has 0 radical (unpaired) electrons. The van der Waals surface area contributed by atoms with Crippen LogP contribution in [0.4, 0.5) is 14.9 Å². The Morgan fingerprint density at radius 3 is 2.43 bits per heavy atom. The van der Waals surface area contributed by atoms with Crippen LogP contribution >= 0.6 is 0 Å². The smallest absolute Gasteiger partial charge is 0.407 e. The van der Waals surface area contributed by atoms with Crippen LogP contribution in [0.1, 0.15) is 80.3 Å². The van der Waals surface area contributed by atoms with Crippen molar-refractivity contribution < 1.29 is 28.3 Å². The first kappa shape index (κ1) is 32.5. The minimum absolute atomic E-state index is 0.0237. The second kappa shape index (κ2) is 13.8. The van der Waals surface area contributed by atoms with Gasteiger partial charge in [-0.25, -0.2) is 14.1 Å². The number of carbonyl (C=O) groups excluding carboxylic acids is 4. The third-order valence-electron chi connectivity index (χ3n) is 7.01. The van der Waals surface area contributed by atoms with Crippen molar-refractivity contribution in [1.82, 2.24) is 20.5 Å². The van der Waals surface area contributed by atoms with Crippen molar-refractivity contribution in [3.63, 3.8) is 0 Å². The second-order valence-corrected chi connectivity index (χ2v) is 11.2. The quantitative estimate of drug-likeness (QED) is 0.263. The molecule has 4 amide bonds. The molecule has 1 aliphatic rings. The summed E-state index contributed by atoms with van der Waals surface area (Å²) in [5.41, 5.74) is 2.36. The van der Waals surface area contributed by atoms with Crippen LogP contribution in [0.3, 0.4) is 0 Å². The van der Waals surface area contributed by atoms with Crippen LogP contribution in [0.15, 0.2) is 18.2 Å². The first-order chi connectivity index (χ1) is 19.8. The van der Waals surface area contributed by atoms with Gasteiger partial charge in [0.15, 0.2) is 0 Å². The van der Waals surface area contributed by atoms with Crippen molar-refractivity contribution in [2.45, 2.75) is 66.9 Å². The van der Waals surface area contributed by atoms with Crippen molar-refractivity contribution in [3.05, 3.63) is 52.1 Å². The van der Waals surface area contributed by atoms with E-state index in [2.05, 4.69) is 34.4 Å². The molecule has 10 nitrogen and oxygen atoms in total. The zero-order valence-corrected chi connectivity index (χ0v) is 25.6. The zero-order chi connectivity index (χ0) is 31.2. The number of nitrogens with zero attached hydrogens (tertiary/aromatic N) is 2. The summed E-state index contributed by atoms with van der Waals surface area (Å²) in [4.78, 5) is 58.0. The maximum absolute atomic E-state index is 14.3.